The first-order chi connectivity index (χ1) is 12.7. The van der Waals surface area contributed by atoms with Crippen LogP contribution in [0.25, 0.3) is 0 Å². The van der Waals surface area contributed by atoms with Crippen LogP contribution in [0.2, 0.25) is 0 Å². The van der Waals surface area contributed by atoms with Crippen molar-refractivity contribution in [1.29, 1.82) is 0 Å². The van der Waals surface area contributed by atoms with Crippen molar-refractivity contribution in [2.75, 3.05) is 26.5 Å². The summed E-state index contributed by atoms with van der Waals surface area (Å²) in [7, 11) is 3.26. The highest BCUT2D eigenvalue weighted by Crippen LogP contribution is 2.38. The summed E-state index contributed by atoms with van der Waals surface area (Å²) in [6.45, 7) is 1.31. The van der Waals surface area contributed by atoms with Gasteiger partial charge in [0.2, 0.25) is 11.1 Å². The lowest BCUT2D eigenvalue weighted by atomic mass is 9.99. The van der Waals surface area contributed by atoms with Gasteiger partial charge >= 0.3 is 0 Å². The fourth-order valence-corrected chi connectivity index (χ4v) is 3.88. The van der Waals surface area contributed by atoms with E-state index in [-0.39, 0.29) is 5.91 Å². The van der Waals surface area contributed by atoms with Crippen molar-refractivity contribution in [2.45, 2.75) is 36.9 Å². The van der Waals surface area contributed by atoms with Gasteiger partial charge in [0.25, 0.3) is 0 Å². The number of benzene rings is 1. The molecule has 1 aliphatic heterocycles. The maximum Gasteiger partial charge on any atom is 0.233 e. The molecular weight excluding hydrogens is 352 g/mol. The van der Waals surface area contributed by atoms with E-state index < -0.39 is 0 Å². The van der Waals surface area contributed by atoms with Gasteiger partial charge in [-0.2, -0.15) is 0 Å². The molecule has 2 aliphatic rings. The number of fused-ring (bicyclic) bond motifs is 1. The quantitative estimate of drug-likeness (QED) is 0.782. The van der Waals surface area contributed by atoms with Gasteiger partial charge < -0.3 is 14.4 Å². The molecule has 1 aromatic heterocycles. The Hall–Kier alpha value is -2.22. The molecule has 0 atom stereocenters. The summed E-state index contributed by atoms with van der Waals surface area (Å²) in [6.07, 6.45) is 3.18. The van der Waals surface area contributed by atoms with E-state index in [9.17, 15) is 4.79 Å². The second-order valence-electron chi connectivity index (χ2n) is 6.61. The van der Waals surface area contributed by atoms with Crippen molar-refractivity contribution >= 4 is 17.7 Å². The molecule has 0 spiro atoms. The number of nitrogens with one attached hydrogen (secondary N) is 1. The van der Waals surface area contributed by atoms with Crippen LogP contribution in [0, 0.1) is 0 Å². The van der Waals surface area contributed by atoms with E-state index in [2.05, 4.69) is 15.2 Å². The number of hydrogen-bond donors (Lipinski definition) is 1. The van der Waals surface area contributed by atoms with Crippen molar-refractivity contribution in [1.82, 2.24) is 20.1 Å². The minimum absolute atomic E-state index is 0.105. The maximum absolute atomic E-state index is 12.6. The summed E-state index contributed by atoms with van der Waals surface area (Å²) < 4.78 is 10.7. The van der Waals surface area contributed by atoms with E-state index in [0.29, 0.717) is 35.7 Å². The molecule has 7 nitrogen and oxygen atoms in total. The molecule has 0 unspecified atom stereocenters. The number of amides is 1. The van der Waals surface area contributed by atoms with Gasteiger partial charge in [0.15, 0.2) is 11.5 Å². The number of thioether (sulfide) groups is 1. The lowest BCUT2D eigenvalue weighted by Gasteiger charge is -2.29. The van der Waals surface area contributed by atoms with E-state index in [1.165, 1.54) is 30.2 Å². The Morgan fingerprint density at radius 2 is 2.00 bits per heavy atom. The number of carbonyl (C=O) groups is 1. The SMILES string of the molecule is COc1cc2c(cc1OC)CN(C(=O)CSc1n[nH]c(C3CC3)n1)CC2. The Kier molecular flexibility index (Phi) is 4.76. The number of hydrogen-bond acceptors (Lipinski definition) is 6. The van der Waals surface area contributed by atoms with Crippen LogP contribution >= 0.6 is 11.8 Å². The number of aromatic nitrogens is 3. The molecule has 2 aromatic rings. The third-order valence-corrected chi connectivity index (χ3v) is 5.67. The first-order valence-corrected chi connectivity index (χ1v) is 9.73. The molecule has 4 rings (SSSR count). The van der Waals surface area contributed by atoms with Crippen molar-refractivity contribution < 1.29 is 14.3 Å². The van der Waals surface area contributed by atoms with Gasteiger partial charge in [-0.25, -0.2) is 4.98 Å². The molecule has 2 heterocycles. The average molecular weight is 374 g/mol. The van der Waals surface area contributed by atoms with Crippen molar-refractivity contribution in [3.63, 3.8) is 0 Å². The molecule has 138 valence electrons. The number of nitrogens with zero attached hydrogens (tertiary/aromatic N) is 3. The van der Waals surface area contributed by atoms with Crippen LogP contribution in [0.15, 0.2) is 17.3 Å². The van der Waals surface area contributed by atoms with Crippen molar-refractivity contribution in [2.24, 2.45) is 0 Å². The summed E-state index contributed by atoms with van der Waals surface area (Å²) in [4.78, 5) is 18.9. The zero-order valence-corrected chi connectivity index (χ0v) is 15.8. The highest BCUT2D eigenvalue weighted by atomic mass is 32.2. The Morgan fingerprint density at radius 1 is 1.27 bits per heavy atom. The molecule has 0 radical (unpaired) electrons. The molecule has 1 N–H and O–H groups in total. The van der Waals surface area contributed by atoms with Gasteiger partial charge in [0.05, 0.1) is 20.0 Å². The van der Waals surface area contributed by atoms with E-state index >= 15 is 0 Å². The van der Waals surface area contributed by atoms with Gasteiger partial charge in [-0.3, -0.25) is 9.89 Å². The van der Waals surface area contributed by atoms with Gasteiger partial charge in [-0.15, -0.1) is 5.10 Å². The summed E-state index contributed by atoms with van der Waals surface area (Å²) in [5, 5.41) is 7.83. The predicted molar refractivity (Wildman–Crippen MR) is 97.7 cm³/mol. The van der Waals surface area contributed by atoms with Crippen LogP contribution in [-0.4, -0.2) is 52.5 Å². The molecule has 0 saturated heterocycles. The highest BCUT2D eigenvalue weighted by Gasteiger charge is 2.28. The normalized spacial score (nSPS) is 16.3. The molecule has 1 aliphatic carbocycles. The third kappa shape index (κ3) is 3.51. The molecule has 1 aromatic carbocycles. The van der Waals surface area contributed by atoms with E-state index in [4.69, 9.17) is 9.47 Å². The number of H-pyrrole nitrogens is 1. The predicted octanol–water partition coefficient (Wildman–Crippen LogP) is 2.38. The highest BCUT2D eigenvalue weighted by molar-refractivity contribution is 7.99. The molecule has 26 heavy (non-hydrogen) atoms. The summed E-state index contributed by atoms with van der Waals surface area (Å²) >= 11 is 1.39. The van der Waals surface area contributed by atoms with Crippen LogP contribution < -0.4 is 9.47 Å². The van der Waals surface area contributed by atoms with Gasteiger partial charge in [0.1, 0.15) is 5.82 Å². The number of aromatic amines is 1. The Balaban J connectivity index is 1.38. The summed E-state index contributed by atoms with van der Waals surface area (Å²) in [6, 6.07) is 3.98. The second-order valence-corrected chi connectivity index (χ2v) is 7.55. The van der Waals surface area contributed by atoms with Crippen molar-refractivity contribution in [3.05, 3.63) is 29.1 Å². The second kappa shape index (κ2) is 7.19. The van der Waals surface area contributed by atoms with Gasteiger partial charge in [0, 0.05) is 19.0 Å². The van der Waals surface area contributed by atoms with Crippen LogP contribution in [0.1, 0.15) is 35.7 Å². The monoisotopic (exact) mass is 374 g/mol. The number of rotatable bonds is 6. The lowest BCUT2D eigenvalue weighted by molar-refractivity contribution is -0.129. The smallest absolute Gasteiger partial charge is 0.233 e. The van der Waals surface area contributed by atoms with E-state index in [1.54, 1.807) is 14.2 Å². The number of carbonyl (C=O) groups excluding carboxylic acids is 1. The zero-order valence-electron chi connectivity index (χ0n) is 14.9. The molecular formula is C18H22N4O3S. The number of methoxy groups -OCH3 is 2. The Bertz CT molecular complexity index is 819. The minimum Gasteiger partial charge on any atom is -0.493 e. The lowest BCUT2D eigenvalue weighted by Crippen LogP contribution is -2.37. The fraction of sp³-hybridized carbons (Fsp3) is 0.500. The topological polar surface area (TPSA) is 80.3 Å². The molecule has 1 saturated carbocycles. The minimum atomic E-state index is 0.105. The first-order valence-electron chi connectivity index (χ1n) is 8.74. The molecule has 1 fully saturated rings. The number of ether oxygens (including phenoxy) is 2. The third-order valence-electron chi connectivity index (χ3n) is 4.84. The Morgan fingerprint density at radius 3 is 2.69 bits per heavy atom. The largest absolute Gasteiger partial charge is 0.493 e. The van der Waals surface area contributed by atoms with Gasteiger partial charge in [-0.05, 0) is 42.5 Å². The summed E-state index contributed by atoms with van der Waals surface area (Å²) in [5.74, 6) is 3.38. The fourth-order valence-electron chi connectivity index (χ4n) is 3.18. The Labute approximate surface area is 156 Å². The maximum atomic E-state index is 12.6. The van der Waals surface area contributed by atoms with Gasteiger partial charge in [-0.1, -0.05) is 11.8 Å². The van der Waals surface area contributed by atoms with E-state index in [1.807, 2.05) is 17.0 Å². The standard InChI is InChI=1S/C18H22N4O3S/c1-24-14-7-12-5-6-22(9-13(12)8-15(14)25-2)16(23)10-26-18-19-17(20-21-18)11-3-4-11/h7-8,11H,3-6,9-10H2,1-2H3,(H,19,20,21). The first kappa shape index (κ1) is 17.2. The molecule has 8 heteroatoms. The van der Waals surface area contributed by atoms with Crippen LogP contribution in [0.3, 0.4) is 0 Å². The van der Waals surface area contributed by atoms with Crippen LogP contribution in [0.5, 0.6) is 11.5 Å². The van der Waals surface area contributed by atoms with E-state index in [0.717, 1.165) is 23.6 Å². The zero-order chi connectivity index (χ0) is 18.1. The summed E-state index contributed by atoms with van der Waals surface area (Å²) in [5.41, 5.74) is 2.32. The van der Waals surface area contributed by atoms with Crippen LogP contribution in [0.4, 0.5) is 0 Å². The van der Waals surface area contributed by atoms with Crippen molar-refractivity contribution in [3.8, 4) is 11.5 Å². The molecule has 1 amide bonds. The molecule has 0 bridgehead atoms. The average Bonchev–Trinajstić information content (AvgIpc) is 3.42. The van der Waals surface area contributed by atoms with Crippen LogP contribution in [-0.2, 0) is 17.8 Å².